The molecule has 0 saturated carbocycles. The SMILES string of the molecule is COc1ccc(-c2cn(-c3ccc(C(=O)O)cc3)nn2)c(C)c1. The maximum atomic E-state index is 10.9. The van der Waals surface area contributed by atoms with E-state index in [2.05, 4.69) is 10.3 Å². The fourth-order valence-corrected chi connectivity index (χ4v) is 2.32. The first-order valence-electron chi connectivity index (χ1n) is 6.99. The van der Waals surface area contributed by atoms with Gasteiger partial charge in [0.25, 0.3) is 0 Å². The summed E-state index contributed by atoms with van der Waals surface area (Å²) in [6, 6.07) is 12.2. The number of benzene rings is 2. The first-order valence-corrected chi connectivity index (χ1v) is 6.99. The number of carboxylic acid groups (broad SMARTS) is 1. The number of rotatable bonds is 4. The predicted octanol–water partition coefficient (Wildman–Crippen LogP) is 2.95. The second-order valence-corrected chi connectivity index (χ2v) is 5.08. The Balaban J connectivity index is 1.92. The van der Waals surface area contributed by atoms with E-state index in [1.165, 1.54) is 12.1 Å². The summed E-state index contributed by atoms with van der Waals surface area (Å²) in [5.74, 6) is -0.160. The molecule has 0 fully saturated rings. The minimum Gasteiger partial charge on any atom is -0.497 e. The lowest BCUT2D eigenvalue weighted by Gasteiger charge is -2.05. The molecule has 116 valence electrons. The second kappa shape index (κ2) is 5.92. The van der Waals surface area contributed by atoms with E-state index in [1.54, 1.807) is 23.9 Å². The molecule has 23 heavy (non-hydrogen) atoms. The van der Waals surface area contributed by atoms with Crippen molar-refractivity contribution in [2.75, 3.05) is 7.11 Å². The van der Waals surface area contributed by atoms with Gasteiger partial charge in [-0.3, -0.25) is 0 Å². The van der Waals surface area contributed by atoms with Crippen molar-refractivity contribution in [1.29, 1.82) is 0 Å². The summed E-state index contributed by atoms with van der Waals surface area (Å²) in [6.07, 6.45) is 1.81. The van der Waals surface area contributed by atoms with Crippen molar-refractivity contribution >= 4 is 5.97 Å². The van der Waals surface area contributed by atoms with Gasteiger partial charge in [-0.1, -0.05) is 5.21 Å². The van der Waals surface area contributed by atoms with E-state index >= 15 is 0 Å². The molecular formula is C17H15N3O3. The molecule has 0 saturated heterocycles. The van der Waals surface area contributed by atoms with E-state index in [0.717, 1.165) is 28.3 Å². The van der Waals surface area contributed by atoms with Crippen LogP contribution in [0.1, 0.15) is 15.9 Å². The first-order chi connectivity index (χ1) is 11.1. The molecule has 0 radical (unpaired) electrons. The molecule has 3 rings (SSSR count). The highest BCUT2D eigenvalue weighted by molar-refractivity contribution is 5.87. The average molecular weight is 309 g/mol. The maximum Gasteiger partial charge on any atom is 0.335 e. The number of methoxy groups -OCH3 is 1. The van der Waals surface area contributed by atoms with Gasteiger partial charge in [0.2, 0.25) is 0 Å². The minimum atomic E-state index is -0.954. The first kappa shape index (κ1) is 14.8. The Hall–Kier alpha value is -3.15. The highest BCUT2D eigenvalue weighted by atomic mass is 16.5. The van der Waals surface area contributed by atoms with E-state index in [0.29, 0.717) is 0 Å². The molecule has 0 amide bonds. The van der Waals surface area contributed by atoms with Gasteiger partial charge in [-0.2, -0.15) is 0 Å². The molecule has 6 heteroatoms. The largest absolute Gasteiger partial charge is 0.497 e. The number of nitrogens with zero attached hydrogens (tertiary/aromatic N) is 3. The van der Waals surface area contributed by atoms with Crippen molar-refractivity contribution in [1.82, 2.24) is 15.0 Å². The fourth-order valence-electron chi connectivity index (χ4n) is 2.32. The lowest BCUT2D eigenvalue weighted by Crippen LogP contribution is -1.98. The number of hydrogen-bond acceptors (Lipinski definition) is 4. The highest BCUT2D eigenvalue weighted by Crippen LogP contribution is 2.25. The summed E-state index contributed by atoms with van der Waals surface area (Å²) >= 11 is 0. The Morgan fingerprint density at radius 2 is 1.91 bits per heavy atom. The molecule has 0 atom stereocenters. The number of ether oxygens (including phenoxy) is 1. The van der Waals surface area contributed by atoms with Crippen LogP contribution in [0.5, 0.6) is 5.75 Å². The summed E-state index contributed by atoms with van der Waals surface area (Å²) in [6.45, 7) is 1.98. The zero-order valence-electron chi connectivity index (χ0n) is 12.7. The lowest BCUT2D eigenvalue weighted by molar-refractivity contribution is 0.0697. The monoisotopic (exact) mass is 309 g/mol. The van der Waals surface area contributed by atoms with Crippen molar-refractivity contribution in [2.24, 2.45) is 0 Å². The van der Waals surface area contributed by atoms with Gasteiger partial charge < -0.3 is 9.84 Å². The number of hydrogen-bond donors (Lipinski definition) is 1. The predicted molar refractivity (Wildman–Crippen MR) is 85.0 cm³/mol. The zero-order chi connectivity index (χ0) is 16.4. The highest BCUT2D eigenvalue weighted by Gasteiger charge is 2.09. The quantitative estimate of drug-likeness (QED) is 0.801. The number of aryl methyl sites for hydroxylation is 1. The Labute approximate surface area is 133 Å². The van der Waals surface area contributed by atoms with Crippen molar-refractivity contribution in [3.05, 3.63) is 59.8 Å². The Bertz CT molecular complexity index is 854. The van der Waals surface area contributed by atoms with Crippen LogP contribution in [0.15, 0.2) is 48.7 Å². The zero-order valence-corrected chi connectivity index (χ0v) is 12.7. The molecule has 0 aliphatic rings. The third-order valence-electron chi connectivity index (χ3n) is 3.58. The molecule has 2 aromatic carbocycles. The van der Waals surface area contributed by atoms with Crippen molar-refractivity contribution < 1.29 is 14.6 Å². The van der Waals surface area contributed by atoms with Crippen LogP contribution in [0, 0.1) is 6.92 Å². The van der Waals surface area contributed by atoms with Crippen molar-refractivity contribution in [3.63, 3.8) is 0 Å². The van der Waals surface area contributed by atoms with Gasteiger partial charge in [0, 0.05) is 5.56 Å². The summed E-state index contributed by atoms with van der Waals surface area (Å²) in [4.78, 5) is 10.9. The summed E-state index contributed by atoms with van der Waals surface area (Å²) < 4.78 is 6.82. The van der Waals surface area contributed by atoms with Gasteiger partial charge in [-0.05, 0) is 55.0 Å². The molecule has 0 aliphatic carbocycles. The molecule has 0 bridgehead atoms. The molecule has 0 unspecified atom stereocenters. The van der Waals surface area contributed by atoms with E-state index in [4.69, 9.17) is 9.84 Å². The Morgan fingerprint density at radius 3 is 2.52 bits per heavy atom. The number of aromatic nitrogens is 3. The Morgan fingerprint density at radius 1 is 1.17 bits per heavy atom. The Kier molecular flexibility index (Phi) is 3.80. The van der Waals surface area contributed by atoms with Crippen LogP contribution in [0.4, 0.5) is 0 Å². The van der Waals surface area contributed by atoms with Gasteiger partial charge in [0.15, 0.2) is 0 Å². The lowest BCUT2D eigenvalue weighted by atomic mass is 10.1. The van der Waals surface area contributed by atoms with Crippen LogP contribution >= 0.6 is 0 Å². The molecule has 0 spiro atoms. The van der Waals surface area contributed by atoms with Gasteiger partial charge in [0.05, 0.1) is 24.6 Å². The molecule has 1 N–H and O–H groups in total. The van der Waals surface area contributed by atoms with E-state index in [9.17, 15) is 4.79 Å². The number of carboxylic acids is 1. The van der Waals surface area contributed by atoms with Gasteiger partial charge >= 0.3 is 5.97 Å². The molecule has 0 aliphatic heterocycles. The smallest absolute Gasteiger partial charge is 0.335 e. The summed E-state index contributed by atoms with van der Waals surface area (Å²) in [7, 11) is 1.63. The molecular weight excluding hydrogens is 294 g/mol. The molecule has 3 aromatic rings. The maximum absolute atomic E-state index is 10.9. The summed E-state index contributed by atoms with van der Waals surface area (Å²) in [5, 5.41) is 17.2. The third kappa shape index (κ3) is 2.91. The van der Waals surface area contributed by atoms with Crippen LogP contribution in [0.3, 0.4) is 0 Å². The van der Waals surface area contributed by atoms with E-state index in [-0.39, 0.29) is 5.56 Å². The topological polar surface area (TPSA) is 77.2 Å². The average Bonchev–Trinajstić information content (AvgIpc) is 3.04. The molecule has 6 nitrogen and oxygen atoms in total. The van der Waals surface area contributed by atoms with Crippen molar-refractivity contribution in [3.8, 4) is 22.7 Å². The van der Waals surface area contributed by atoms with Crippen LogP contribution in [-0.2, 0) is 0 Å². The number of aromatic carboxylic acids is 1. The van der Waals surface area contributed by atoms with Gasteiger partial charge in [-0.25, -0.2) is 9.48 Å². The van der Waals surface area contributed by atoms with Crippen molar-refractivity contribution in [2.45, 2.75) is 6.92 Å². The van der Waals surface area contributed by atoms with E-state index in [1.807, 2.05) is 31.3 Å². The van der Waals surface area contributed by atoms with Crippen LogP contribution < -0.4 is 4.74 Å². The van der Waals surface area contributed by atoms with Gasteiger partial charge in [-0.15, -0.1) is 5.10 Å². The fraction of sp³-hybridized carbons (Fsp3) is 0.118. The van der Waals surface area contributed by atoms with Gasteiger partial charge in [0.1, 0.15) is 11.4 Å². The third-order valence-corrected chi connectivity index (χ3v) is 3.58. The molecule has 1 heterocycles. The minimum absolute atomic E-state index is 0.236. The normalized spacial score (nSPS) is 10.5. The van der Waals surface area contributed by atoms with Crippen LogP contribution in [-0.4, -0.2) is 33.2 Å². The molecule has 1 aromatic heterocycles. The number of carbonyl (C=O) groups is 1. The standard InChI is InChI=1S/C17H15N3O3/c1-11-9-14(23-2)7-8-15(11)16-10-20(19-18-16)13-5-3-12(4-6-13)17(21)22/h3-10H,1-2H3,(H,21,22). The summed E-state index contributed by atoms with van der Waals surface area (Å²) in [5.41, 5.74) is 3.74. The van der Waals surface area contributed by atoms with E-state index < -0.39 is 5.97 Å². The second-order valence-electron chi connectivity index (χ2n) is 5.08. The van der Waals surface area contributed by atoms with Crippen LogP contribution in [0.25, 0.3) is 16.9 Å². The van der Waals surface area contributed by atoms with Crippen LogP contribution in [0.2, 0.25) is 0 Å².